The molecule has 3 rings (SSSR count). The van der Waals surface area contributed by atoms with Gasteiger partial charge in [0.1, 0.15) is 11.9 Å². The molecule has 1 aliphatic rings. The number of carbonyl (C=O) groups excluding carboxylic acids is 2. The summed E-state index contributed by atoms with van der Waals surface area (Å²) in [6.45, 7) is 1.64. The molecule has 1 aliphatic heterocycles. The van der Waals surface area contributed by atoms with E-state index in [1.807, 2.05) is 4.90 Å². The predicted molar refractivity (Wildman–Crippen MR) is 102 cm³/mol. The van der Waals surface area contributed by atoms with Crippen molar-refractivity contribution in [3.05, 3.63) is 54.0 Å². The van der Waals surface area contributed by atoms with Gasteiger partial charge in [-0.2, -0.15) is 0 Å². The number of likely N-dealkylation sites (tertiary alicyclic amines) is 1. The molecule has 1 aromatic carbocycles. The fraction of sp³-hybridized carbons (Fsp3) is 0.400. The van der Waals surface area contributed by atoms with Crippen molar-refractivity contribution in [2.75, 3.05) is 25.0 Å². The van der Waals surface area contributed by atoms with Crippen LogP contribution >= 0.6 is 0 Å². The topological polar surface area (TPSA) is 94.8 Å². The Morgan fingerprint density at radius 2 is 1.78 bits per heavy atom. The van der Waals surface area contributed by atoms with E-state index in [2.05, 4.69) is 10.6 Å². The Bertz CT molecular complexity index is 735. The minimum absolute atomic E-state index is 0.0326. The van der Waals surface area contributed by atoms with E-state index < -0.39 is 12.1 Å². The zero-order valence-electron chi connectivity index (χ0n) is 15.2. The van der Waals surface area contributed by atoms with Gasteiger partial charge in [-0.3, -0.25) is 4.79 Å². The quantitative estimate of drug-likeness (QED) is 0.752. The van der Waals surface area contributed by atoms with Gasteiger partial charge in [0.25, 0.3) is 5.91 Å². The van der Waals surface area contributed by atoms with Crippen molar-refractivity contribution in [3.63, 3.8) is 0 Å². The molecule has 144 valence electrons. The number of nitrogens with one attached hydrogen (secondary N) is 2. The summed E-state index contributed by atoms with van der Waals surface area (Å²) in [5, 5.41) is 15.1. The number of rotatable bonds is 5. The third-order valence-corrected chi connectivity index (χ3v) is 4.61. The highest BCUT2D eigenvalue weighted by Gasteiger charge is 2.17. The Kier molecular flexibility index (Phi) is 6.49. The number of anilines is 1. The van der Waals surface area contributed by atoms with Crippen molar-refractivity contribution in [1.82, 2.24) is 10.2 Å². The lowest BCUT2D eigenvalue weighted by atomic mass is 10.1. The smallest absolute Gasteiger partial charge is 0.319 e. The van der Waals surface area contributed by atoms with Crippen molar-refractivity contribution in [1.29, 1.82) is 0 Å². The van der Waals surface area contributed by atoms with Gasteiger partial charge in [-0.1, -0.05) is 12.8 Å². The molecule has 0 spiro atoms. The van der Waals surface area contributed by atoms with E-state index in [-0.39, 0.29) is 12.5 Å². The third-order valence-electron chi connectivity index (χ3n) is 4.61. The summed E-state index contributed by atoms with van der Waals surface area (Å²) in [7, 11) is 0. The van der Waals surface area contributed by atoms with Crippen molar-refractivity contribution >= 4 is 17.6 Å². The van der Waals surface area contributed by atoms with Crippen LogP contribution in [0.5, 0.6) is 0 Å². The second kappa shape index (κ2) is 9.23. The summed E-state index contributed by atoms with van der Waals surface area (Å²) in [5.74, 6) is 0.432. The normalized spacial score (nSPS) is 15.7. The van der Waals surface area contributed by atoms with Crippen molar-refractivity contribution in [2.45, 2.75) is 31.8 Å². The molecule has 2 heterocycles. The van der Waals surface area contributed by atoms with Gasteiger partial charge in [0.2, 0.25) is 0 Å². The first-order chi connectivity index (χ1) is 13.1. The molecule has 7 heteroatoms. The maximum absolute atomic E-state index is 12.6. The van der Waals surface area contributed by atoms with Gasteiger partial charge >= 0.3 is 6.03 Å². The number of hydrogen-bond donors (Lipinski definition) is 3. The Hall–Kier alpha value is -2.80. The zero-order chi connectivity index (χ0) is 19.1. The number of nitrogens with zero attached hydrogens (tertiary/aromatic N) is 1. The first-order valence-corrected chi connectivity index (χ1v) is 9.29. The van der Waals surface area contributed by atoms with Crippen LogP contribution < -0.4 is 10.6 Å². The van der Waals surface area contributed by atoms with Crippen molar-refractivity contribution in [2.24, 2.45) is 0 Å². The monoisotopic (exact) mass is 371 g/mol. The van der Waals surface area contributed by atoms with E-state index in [1.54, 1.807) is 36.4 Å². The van der Waals surface area contributed by atoms with Gasteiger partial charge in [0.15, 0.2) is 0 Å². The van der Waals surface area contributed by atoms with E-state index in [1.165, 1.54) is 19.1 Å². The average molecular weight is 371 g/mol. The minimum Gasteiger partial charge on any atom is -0.467 e. The second-order valence-corrected chi connectivity index (χ2v) is 6.65. The summed E-state index contributed by atoms with van der Waals surface area (Å²) < 4.78 is 5.08. The number of carbonyl (C=O) groups is 2. The molecule has 7 nitrogen and oxygen atoms in total. The Balaban J connectivity index is 1.49. The summed E-state index contributed by atoms with van der Waals surface area (Å²) in [6, 6.07) is 9.73. The number of aliphatic hydroxyl groups is 1. The van der Waals surface area contributed by atoms with Crippen LogP contribution in [0.15, 0.2) is 47.1 Å². The van der Waals surface area contributed by atoms with Crippen LogP contribution in [0.2, 0.25) is 0 Å². The molecule has 1 unspecified atom stereocenters. The number of hydrogen-bond acceptors (Lipinski definition) is 4. The molecule has 3 amide bonds. The lowest BCUT2D eigenvalue weighted by Gasteiger charge is -2.20. The Morgan fingerprint density at radius 3 is 2.41 bits per heavy atom. The van der Waals surface area contributed by atoms with Crippen LogP contribution in [0.25, 0.3) is 0 Å². The highest BCUT2D eigenvalue weighted by molar-refractivity contribution is 5.95. The molecule has 0 aliphatic carbocycles. The fourth-order valence-corrected chi connectivity index (χ4v) is 3.10. The SMILES string of the molecule is O=C(NCC(O)c1ccco1)Nc1ccc(C(=O)N2CCCCCC2)cc1. The summed E-state index contributed by atoms with van der Waals surface area (Å²) in [6.07, 6.45) is 5.02. The molecule has 0 radical (unpaired) electrons. The van der Waals surface area contributed by atoms with Crippen LogP contribution in [0.3, 0.4) is 0 Å². The van der Waals surface area contributed by atoms with E-state index in [0.29, 0.717) is 17.0 Å². The Morgan fingerprint density at radius 1 is 1.07 bits per heavy atom. The molecular formula is C20H25N3O4. The van der Waals surface area contributed by atoms with Gasteiger partial charge in [-0.05, 0) is 49.2 Å². The summed E-state index contributed by atoms with van der Waals surface area (Å²) in [4.78, 5) is 26.4. The molecule has 1 atom stereocenters. The van der Waals surface area contributed by atoms with E-state index in [0.717, 1.165) is 25.9 Å². The molecule has 1 saturated heterocycles. The molecule has 0 bridgehead atoms. The standard InChI is InChI=1S/C20H25N3O4/c24-17(18-6-5-13-27-18)14-21-20(26)22-16-9-7-15(8-10-16)19(25)23-11-3-1-2-4-12-23/h5-10,13,17,24H,1-4,11-12,14H2,(H2,21,22,26). The summed E-state index contributed by atoms with van der Waals surface area (Å²) in [5.41, 5.74) is 1.20. The number of benzene rings is 1. The zero-order valence-corrected chi connectivity index (χ0v) is 15.2. The lowest BCUT2D eigenvalue weighted by molar-refractivity contribution is 0.0761. The fourth-order valence-electron chi connectivity index (χ4n) is 3.10. The van der Waals surface area contributed by atoms with E-state index in [4.69, 9.17) is 4.42 Å². The van der Waals surface area contributed by atoms with Crippen LogP contribution in [0, 0.1) is 0 Å². The molecule has 2 aromatic rings. The predicted octanol–water partition coefficient (Wildman–Crippen LogP) is 3.15. The lowest BCUT2D eigenvalue weighted by Crippen LogP contribution is -2.32. The van der Waals surface area contributed by atoms with Crippen molar-refractivity contribution in [3.8, 4) is 0 Å². The van der Waals surface area contributed by atoms with Crippen LogP contribution in [-0.4, -0.2) is 41.6 Å². The molecule has 3 N–H and O–H groups in total. The number of aliphatic hydroxyl groups excluding tert-OH is 1. The number of furan rings is 1. The molecule has 1 fully saturated rings. The maximum Gasteiger partial charge on any atom is 0.319 e. The number of urea groups is 1. The van der Waals surface area contributed by atoms with Gasteiger partial charge in [0, 0.05) is 24.3 Å². The Labute approximate surface area is 158 Å². The number of amides is 3. The average Bonchev–Trinajstić information content (AvgIpc) is 3.09. The van der Waals surface area contributed by atoms with Crippen LogP contribution in [0.4, 0.5) is 10.5 Å². The maximum atomic E-state index is 12.6. The van der Waals surface area contributed by atoms with Crippen molar-refractivity contribution < 1.29 is 19.1 Å². The van der Waals surface area contributed by atoms with Gasteiger partial charge in [-0.15, -0.1) is 0 Å². The highest BCUT2D eigenvalue weighted by Crippen LogP contribution is 2.16. The van der Waals surface area contributed by atoms with Crippen LogP contribution in [-0.2, 0) is 0 Å². The van der Waals surface area contributed by atoms with Gasteiger partial charge in [0.05, 0.1) is 12.8 Å². The first-order valence-electron chi connectivity index (χ1n) is 9.29. The summed E-state index contributed by atoms with van der Waals surface area (Å²) >= 11 is 0. The molecular weight excluding hydrogens is 346 g/mol. The van der Waals surface area contributed by atoms with Gasteiger partial charge < -0.3 is 25.1 Å². The first kappa shape index (κ1) is 19.0. The highest BCUT2D eigenvalue weighted by atomic mass is 16.4. The van der Waals surface area contributed by atoms with Crippen LogP contribution in [0.1, 0.15) is 47.9 Å². The van der Waals surface area contributed by atoms with Gasteiger partial charge in [-0.25, -0.2) is 4.79 Å². The largest absolute Gasteiger partial charge is 0.467 e. The van der Waals surface area contributed by atoms with E-state index in [9.17, 15) is 14.7 Å². The van der Waals surface area contributed by atoms with E-state index >= 15 is 0 Å². The minimum atomic E-state index is -0.903. The third kappa shape index (κ3) is 5.34. The molecule has 1 aromatic heterocycles. The molecule has 27 heavy (non-hydrogen) atoms. The molecule has 0 saturated carbocycles. The second-order valence-electron chi connectivity index (χ2n) is 6.65.